The molecule has 0 spiro atoms. The molecule has 4 nitrogen and oxygen atoms in total. The van der Waals surface area contributed by atoms with Crippen molar-refractivity contribution in [2.45, 2.75) is 45.6 Å². The number of carboxylic acid groups (broad SMARTS) is 1. The Bertz CT molecular complexity index is 416. The standard InChI is InChI=1S/C16H25NO3/c1-4-11-17-16(3,15(18)19)10-12-20-14-8-6-13(5-2)7-9-14/h6-9,17H,4-5,10-12H2,1-3H3,(H,18,19). The van der Waals surface area contributed by atoms with Gasteiger partial charge in [0.25, 0.3) is 0 Å². The summed E-state index contributed by atoms with van der Waals surface area (Å²) in [6, 6.07) is 7.91. The topological polar surface area (TPSA) is 58.6 Å². The van der Waals surface area contributed by atoms with Crippen LogP contribution in [-0.4, -0.2) is 29.8 Å². The van der Waals surface area contributed by atoms with Crippen LogP contribution in [0, 0.1) is 0 Å². The molecule has 1 unspecified atom stereocenters. The van der Waals surface area contributed by atoms with Crippen LogP contribution >= 0.6 is 0 Å². The van der Waals surface area contributed by atoms with Crippen LogP contribution in [0.2, 0.25) is 0 Å². The van der Waals surface area contributed by atoms with Crippen LogP contribution in [0.15, 0.2) is 24.3 Å². The third-order valence-corrected chi connectivity index (χ3v) is 3.44. The largest absolute Gasteiger partial charge is 0.494 e. The highest BCUT2D eigenvalue weighted by Crippen LogP contribution is 2.15. The zero-order valence-corrected chi connectivity index (χ0v) is 12.6. The van der Waals surface area contributed by atoms with E-state index in [1.165, 1.54) is 5.56 Å². The molecule has 0 aromatic heterocycles. The van der Waals surface area contributed by atoms with Crippen LogP contribution < -0.4 is 10.1 Å². The zero-order valence-electron chi connectivity index (χ0n) is 12.6. The van der Waals surface area contributed by atoms with E-state index in [1.54, 1.807) is 6.92 Å². The van der Waals surface area contributed by atoms with Crippen LogP contribution in [0.1, 0.15) is 39.2 Å². The van der Waals surface area contributed by atoms with Gasteiger partial charge in [0.2, 0.25) is 0 Å². The van der Waals surface area contributed by atoms with E-state index >= 15 is 0 Å². The Kier molecular flexibility index (Phi) is 6.52. The Morgan fingerprint density at radius 2 is 1.95 bits per heavy atom. The summed E-state index contributed by atoms with van der Waals surface area (Å²) in [5.74, 6) is -0.0543. The molecule has 1 aromatic carbocycles. The molecular weight excluding hydrogens is 254 g/mol. The first kappa shape index (κ1) is 16.5. The van der Waals surface area contributed by atoms with Crippen molar-refractivity contribution in [1.82, 2.24) is 5.32 Å². The molecule has 1 aromatic rings. The number of aryl methyl sites for hydroxylation is 1. The summed E-state index contributed by atoms with van der Waals surface area (Å²) in [5, 5.41) is 12.4. The van der Waals surface area contributed by atoms with E-state index in [0.29, 0.717) is 19.6 Å². The van der Waals surface area contributed by atoms with E-state index in [-0.39, 0.29) is 0 Å². The van der Waals surface area contributed by atoms with E-state index in [9.17, 15) is 9.90 Å². The van der Waals surface area contributed by atoms with E-state index in [4.69, 9.17) is 4.74 Å². The molecule has 112 valence electrons. The van der Waals surface area contributed by atoms with Crippen LogP contribution in [-0.2, 0) is 11.2 Å². The number of benzene rings is 1. The van der Waals surface area contributed by atoms with E-state index in [0.717, 1.165) is 18.6 Å². The molecule has 0 amide bonds. The van der Waals surface area contributed by atoms with Crippen molar-refractivity contribution in [1.29, 1.82) is 0 Å². The van der Waals surface area contributed by atoms with Gasteiger partial charge in [0.1, 0.15) is 11.3 Å². The Labute approximate surface area is 121 Å². The minimum Gasteiger partial charge on any atom is -0.494 e. The number of hydrogen-bond donors (Lipinski definition) is 2. The van der Waals surface area contributed by atoms with Gasteiger partial charge in [-0.3, -0.25) is 4.79 Å². The van der Waals surface area contributed by atoms with Crippen molar-refractivity contribution in [2.75, 3.05) is 13.2 Å². The van der Waals surface area contributed by atoms with Gasteiger partial charge in [0.15, 0.2) is 0 Å². The number of nitrogens with one attached hydrogen (secondary N) is 1. The average molecular weight is 279 g/mol. The summed E-state index contributed by atoms with van der Waals surface area (Å²) in [4.78, 5) is 11.3. The smallest absolute Gasteiger partial charge is 0.323 e. The number of carboxylic acids is 1. The first-order valence-corrected chi connectivity index (χ1v) is 7.22. The minimum atomic E-state index is -0.931. The van der Waals surface area contributed by atoms with E-state index < -0.39 is 11.5 Å². The first-order valence-electron chi connectivity index (χ1n) is 7.22. The van der Waals surface area contributed by atoms with Gasteiger partial charge in [-0.2, -0.15) is 0 Å². The minimum absolute atomic E-state index is 0.380. The predicted octanol–water partition coefficient (Wildman–Crippen LogP) is 2.86. The molecule has 0 fully saturated rings. The van der Waals surface area contributed by atoms with Gasteiger partial charge in [-0.15, -0.1) is 0 Å². The van der Waals surface area contributed by atoms with Gasteiger partial charge < -0.3 is 15.2 Å². The predicted molar refractivity (Wildman–Crippen MR) is 80.3 cm³/mol. The Hall–Kier alpha value is -1.55. The first-order chi connectivity index (χ1) is 9.51. The quantitative estimate of drug-likeness (QED) is 0.730. The van der Waals surface area contributed by atoms with Crippen molar-refractivity contribution < 1.29 is 14.6 Å². The highest BCUT2D eigenvalue weighted by atomic mass is 16.5. The summed E-state index contributed by atoms with van der Waals surface area (Å²) in [6.07, 6.45) is 2.33. The SMILES string of the molecule is CCCNC(C)(CCOc1ccc(CC)cc1)C(=O)O. The molecule has 0 saturated heterocycles. The van der Waals surface area contributed by atoms with E-state index in [1.807, 2.05) is 31.2 Å². The summed E-state index contributed by atoms with van der Waals surface area (Å²) in [5.41, 5.74) is 0.330. The van der Waals surface area contributed by atoms with Crippen molar-refractivity contribution in [2.24, 2.45) is 0 Å². The molecule has 0 aliphatic heterocycles. The summed E-state index contributed by atoms with van der Waals surface area (Å²) < 4.78 is 5.63. The Morgan fingerprint density at radius 3 is 2.45 bits per heavy atom. The maximum absolute atomic E-state index is 11.3. The lowest BCUT2D eigenvalue weighted by Gasteiger charge is -2.26. The van der Waals surface area contributed by atoms with Gasteiger partial charge in [-0.25, -0.2) is 0 Å². The molecule has 1 rings (SSSR count). The third kappa shape index (κ3) is 4.85. The normalized spacial score (nSPS) is 13.8. The molecule has 0 aliphatic rings. The molecule has 0 aliphatic carbocycles. The van der Waals surface area contributed by atoms with Crippen LogP contribution in [0.4, 0.5) is 0 Å². The second kappa shape index (κ2) is 7.90. The van der Waals surface area contributed by atoms with Crippen molar-refractivity contribution in [3.8, 4) is 5.75 Å². The molecule has 0 saturated carbocycles. The molecular formula is C16H25NO3. The number of rotatable bonds is 9. The second-order valence-corrected chi connectivity index (χ2v) is 5.16. The lowest BCUT2D eigenvalue weighted by Crippen LogP contribution is -2.50. The monoisotopic (exact) mass is 279 g/mol. The van der Waals surface area contributed by atoms with Gasteiger partial charge in [0.05, 0.1) is 6.61 Å². The second-order valence-electron chi connectivity index (χ2n) is 5.16. The Morgan fingerprint density at radius 1 is 1.30 bits per heavy atom. The fourth-order valence-electron chi connectivity index (χ4n) is 1.87. The third-order valence-electron chi connectivity index (χ3n) is 3.44. The van der Waals surface area contributed by atoms with Gasteiger partial charge in [-0.05, 0) is 44.0 Å². The maximum Gasteiger partial charge on any atom is 0.323 e. The van der Waals surface area contributed by atoms with Gasteiger partial charge in [0, 0.05) is 6.42 Å². The zero-order chi connectivity index (χ0) is 15.0. The molecule has 1 atom stereocenters. The molecule has 0 bridgehead atoms. The molecule has 4 heteroatoms. The van der Waals surface area contributed by atoms with Crippen LogP contribution in [0.3, 0.4) is 0 Å². The van der Waals surface area contributed by atoms with Crippen molar-refractivity contribution in [3.63, 3.8) is 0 Å². The van der Waals surface area contributed by atoms with Crippen LogP contribution in [0.5, 0.6) is 5.75 Å². The maximum atomic E-state index is 11.3. The summed E-state index contributed by atoms with van der Waals surface area (Å²) >= 11 is 0. The summed E-state index contributed by atoms with van der Waals surface area (Å²) in [7, 11) is 0. The lowest BCUT2D eigenvalue weighted by molar-refractivity contribution is -0.144. The van der Waals surface area contributed by atoms with Crippen LogP contribution in [0.25, 0.3) is 0 Å². The highest BCUT2D eigenvalue weighted by Gasteiger charge is 2.31. The fourth-order valence-corrected chi connectivity index (χ4v) is 1.87. The number of aliphatic carboxylic acids is 1. The fraction of sp³-hybridized carbons (Fsp3) is 0.562. The van der Waals surface area contributed by atoms with E-state index in [2.05, 4.69) is 12.2 Å². The van der Waals surface area contributed by atoms with Gasteiger partial charge in [-0.1, -0.05) is 26.0 Å². The number of carbonyl (C=O) groups is 1. The lowest BCUT2D eigenvalue weighted by atomic mass is 9.98. The molecule has 0 radical (unpaired) electrons. The molecule has 0 heterocycles. The summed E-state index contributed by atoms with van der Waals surface area (Å²) in [6.45, 7) is 6.89. The molecule has 2 N–H and O–H groups in total. The van der Waals surface area contributed by atoms with Crippen molar-refractivity contribution >= 4 is 5.97 Å². The highest BCUT2D eigenvalue weighted by molar-refractivity contribution is 5.78. The number of hydrogen-bond acceptors (Lipinski definition) is 3. The van der Waals surface area contributed by atoms with Crippen molar-refractivity contribution in [3.05, 3.63) is 29.8 Å². The average Bonchev–Trinajstić information content (AvgIpc) is 2.45. The number of ether oxygens (including phenoxy) is 1. The molecule has 20 heavy (non-hydrogen) atoms. The van der Waals surface area contributed by atoms with Gasteiger partial charge >= 0.3 is 5.97 Å². The Balaban J connectivity index is 2.49.